The molecule has 0 saturated carbocycles. The molecule has 130 valence electrons. The molecular formula is C18H26N4O2. The van der Waals surface area contributed by atoms with Crippen LogP contribution in [0.3, 0.4) is 0 Å². The summed E-state index contributed by atoms with van der Waals surface area (Å²) >= 11 is 0. The van der Waals surface area contributed by atoms with Gasteiger partial charge >= 0.3 is 6.09 Å². The molecule has 1 aromatic heterocycles. The van der Waals surface area contributed by atoms with Gasteiger partial charge in [-0.2, -0.15) is 0 Å². The molecule has 0 spiro atoms. The molecule has 6 heteroatoms. The van der Waals surface area contributed by atoms with Gasteiger partial charge in [0.1, 0.15) is 5.82 Å². The molecule has 1 atom stereocenters. The normalized spacial score (nSPS) is 17.6. The fourth-order valence-electron chi connectivity index (χ4n) is 3.36. The molecule has 24 heavy (non-hydrogen) atoms. The van der Waals surface area contributed by atoms with E-state index in [1.54, 1.807) is 4.90 Å². The molecule has 6 nitrogen and oxygen atoms in total. The van der Waals surface area contributed by atoms with E-state index in [0.717, 1.165) is 50.4 Å². The van der Waals surface area contributed by atoms with E-state index in [4.69, 9.17) is 9.72 Å². The fraction of sp³-hybridized carbons (Fsp3) is 0.556. The van der Waals surface area contributed by atoms with Crippen LogP contribution >= 0.6 is 0 Å². The molecule has 2 heterocycles. The molecule has 3 rings (SSSR count). The highest BCUT2D eigenvalue weighted by atomic mass is 16.6. The van der Waals surface area contributed by atoms with Gasteiger partial charge in [0.05, 0.1) is 17.6 Å². The summed E-state index contributed by atoms with van der Waals surface area (Å²) in [5.74, 6) is 1.12. The number of para-hydroxylation sites is 2. The summed E-state index contributed by atoms with van der Waals surface area (Å²) in [7, 11) is 0. The Bertz CT molecular complexity index is 697. The van der Waals surface area contributed by atoms with Gasteiger partial charge in [-0.1, -0.05) is 12.1 Å². The van der Waals surface area contributed by atoms with Gasteiger partial charge in [-0.25, -0.2) is 9.78 Å². The Balaban J connectivity index is 1.53. The molecule has 1 aliphatic rings. The van der Waals surface area contributed by atoms with Crippen molar-refractivity contribution in [3.63, 3.8) is 0 Å². The Morgan fingerprint density at radius 3 is 3.00 bits per heavy atom. The first-order valence-corrected chi connectivity index (χ1v) is 8.82. The van der Waals surface area contributed by atoms with Gasteiger partial charge < -0.3 is 19.5 Å². The number of aromatic nitrogens is 2. The van der Waals surface area contributed by atoms with Crippen LogP contribution in [-0.4, -0.2) is 52.8 Å². The monoisotopic (exact) mass is 330 g/mol. The second kappa shape index (κ2) is 7.66. The van der Waals surface area contributed by atoms with Crippen LogP contribution in [0.15, 0.2) is 24.3 Å². The summed E-state index contributed by atoms with van der Waals surface area (Å²) in [6.07, 6.45) is 1.66. The zero-order valence-electron chi connectivity index (χ0n) is 14.5. The quantitative estimate of drug-likeness (QED) is 0.884. The number of benzene rings is 1. The van der Waals surface area contributed by atoms with Crippen molar-refractivity contribution in [2.24, 2.45) is 0 Å². The number of imidazole rings is 1. The molecule has 1 amide bonds. The molecule has 1 fully saturated rings. The highest BCUT2D eigenvalue weighted by Gasteiger charge is 2.26. The number of likely N-dealkylation sites (tertiary alicyclic amines) is 1. The maximum Gasteiger partial charge on any atom is 0.409 e. The lowest BCUT2D eigenvalue weighted by Crippen LogP contribution is -2.36. The third-order valence-electron chi connectivity index (χ3n) is 4.55. The standard InChI is InChI=1S/C18H26N4O2/c1-3-22-16-8-6-5-7-15(16)20-17(22)9-11-19-14-10-12-21(13-14)18(23)24-4-2/h5-8,14,19H,3-4,9-13H2,1-2H3. The largest absolute Gasteiger partial charge is 0.450 e. The number of amides is 1. The van der Waals surface area contributed by atoms with Crippen molar-refractivity contribution in [1.29, 1.82) is 0 Å². The molecule has 0 bridgehead atoms. The summed E-state index contributed by atoms with van der Waals surface area (Å²) in [5, 5.41) is 3.55. The molecule has 1 aromatic carbocycles. The molecule has 0 radical (unpaired) electrons. The Labute approximate surface area is 142 Å². The van der Waals surface area contributed by atoms with Crippen LogP contribution in [0.4, 0.5) is 4.79 Å². The minimum Gasteiger partial charge on any atom is -0.450 e. The zero-order valence-corrected chi connectivity index (χ0v) is 14.5. The van der Waals surface area contributed by atoms with Crippen LogP contribution in [0, 0.1) is 0 Å². The van der Waals surface area contributed by atoms with E-state index in [-0.39, 0.29) is 6.09 Å². The fourth-order valence-corrected chi connectivity index (χ4v) is 3.36. The van der Waals surface area contributed by atoms with Gasteiger partial charge in [-0.05, 0) is 32.4 Å². The average Bonchev–Trinajstić information content (AvgIpc) is 3.19. The topological polar surface area (TPSA) is 59.4 Å². The van der Waals surface area contributed by atoms with Gasteiger partial charge in [-0.15, -0.1) is 0 Å². The predicted octanol–water partition coefficient (Wildman–Crippen LogP) is 2.42. The molecule has 1 saturated heterocycles. The third kappa shape index (κ3) is 3.53. The van der Waals surface area contributed by atoms with Crippen molar-refractivity contribution in [2.45, 2.75) is 39.3 Å². The summed E-state index contributed by atoms with van der Waals surface area (Å²) in [6, 6.07) is 8.61. The van der Waals surface area contributed by atoms with Crippen molar-refractivity contribution >= 4 is 17.1 Å². The van der Waals surface area contributed by atoms with Crippen LogP contribution in [0.1, 0.15) is 26.1 Å². The highest BCUT2D eigenvalue weighted by Crippen LogP contribution is 2.16. The van der Waals surface area contributed by atoms with E-state index in [1.165, 1.54) is 5.52 Å². The van der Waals surface area contributed by atoms with Crippen LogP contribution in [0.5, 0.6) is 0 Å². The van der Waals surface area contributed by atoms with Gasteiger partial charge in [0.2, 0.25) is 0 Å². The number of fused-ring (bicyclic) bond motifs is 1. The lowest BCUT2D eigenvalue weighted by Gasteiger charge is -2.16. The third-order valence-corrected chi connectivity index (χ3v) is 4.55. The van der Waals surface area contributed by atoms with Gasteiger partial charge in [0.25, 0.3) is 0 Å². The highest BCUT2D eigenvalue weighted by molar-refractivity contribution is 5.75. The molecule has 1 N–H and O–H groups in total. The van der Waals surface area contributed by atoms with Crippen LogP contribution in [0.25, 0.3) is 11.0 Å². The Morgan fingerprint density at radius 2 is 2.21 bits per heavy atom. The number of hydrogen-bond acceptors (Lipinski definition) is 4. The second-order valence-electron chi connectivity index (χ2n) is 6.10. The van der Waals surface area contributed by atoms with E-state index in [2.05, 4.69) is 35.0 Å². The summed E-state index contributed by atoms with van der Waals surface area (Å²) in [5.41, 5.74) is 2.26. The first kappa shape index (κ1) is 16.8. The van der Waals surface area contributed by atoms with E-state index in [1.807, 2.05) is 13.0 Å². The van der Waals surface area contributed by atoms with E-state index in [0.29, 0.717) is 12.6 Å². The number of rotatable bonds is 6. The smallest absolute Gasteiger partial charge is 0.409 e. The minimum atomic E-state index is -0.199. The van der Waals surface area contributed by atoms with Crippen molar-refractivity contribution in [2.75, 3.05) is 26.2 Å². The molecule has 2 aromatic rings. The minimum absolute atomic E-state index is 0.199. The Kier molecular flexibility index (Phi) is 5.35. The lowest BCUT2D eigenvalue weighted by molar-refractivity contribution is 0.115. The first-order valence-electron chi connectivity index (χ1n) is 8.82. The van der Waals surface area contributed by atoms with E-state index >= 15 is 0 Å². The van der Waals surface area contributed by atoms with Gasteiger partial charge in [-0.3, -0.25) is 0 Å². The number of ether oxygens (including phenoxy) is 1. The average molecular weight is 330 g/mol. The Hall–Kier alpha value is -2.08. The van der Waals surface area contributed by atoms with Crippen molar-refractivity contribution in [3.05, 3.63) is 30.1 Å². The number of carbonyl (C=O) groups is 1. The maximum absolute atomic E-state index is 11.7. The number of carbonyl (C=O) groups excluding carboxylic acids is 1. The van der Waals surface area contributed by atoms with Crippen LogP contribution in [0.2, 0.25) is 0 Å². The molecule has 0 aliphatic carbocycles. The van der Waals surface area contributed by atoms with Crippen LogP contribution in [-0.2, 0) is 17.7 Å². The SMILES string of the molecule is CCOC(=O)N1CCC(NCCc2nc3ccccc3n2CC)C1. The van der Waals surface area contributed by atoms with Gasteiger partial charge in [0, 0.05) is 38.6 Å². The van der Waals surface area contributed by atoms with E-state index < -0.39 is 0 Å². The Morgan fingerprint density at radius 1 is 1.38 bits per heavy atom. The van der Waals surface area contributed by atoms with E-state index in [9.17, 15) is 4.79 Å². The summed E-state index contributed by atoms with van der Waals surface area (Å²) in [6.45, 7) is 7.71. The number of aryl methyl sites for hydroxylation is 1. The molecule has 1 unspecified atom stereocenters. The van der Waals surface area contributed by atoms with Crippen LogP contribution < -0.4 is 5.32 Å². The second-order valence-corrected chi connectivity index (χ2v) is 6.10. The van der Waals surface area contributed by atoms with Gasteiger partial charge in [0.15, 0.2) is 0 Å². The molecular weight excluding hydrogens is 304 g/mol. The lowest BCUT2D eigenvalue weighted by atomic mass is 10.2. The number of nitrogens with one attached hydrogen (secondary N) is 1. The summed E-state index contributed by atoms with van der Waals surface area (Å²) < 4.78 is 7.33. The van der Waals surface area contributed by atoms with Crippen molar-refractivity contribution in [3.8, 4) is 0 Å². The molecule has 1 aliphatic heterocycles. The number of nitrogens with zero attached hydrogens (tertiary/aromatic N) is 3. The predicted molar refractivity (Wildman–Crippen MR) is 94.1 cm³/mol. The zero-order chi connectivity index (χ0) is 16.9. The van der Waals surface area contributed by atoms with Crippen molar-refractivity contribution < 1.29 is 9.53 Å². The number of hydrogen-bond donors (Lipinski definition) is 1. The first-order chi connectivity index (χ1) is 11.7. The van der Waals surface area contributed by atoms with Crippen molar-refractivity contribution in [1.82, 2.24) is 19.8 Å². The maximum atomic E-state index is 11.7. The summed E-state index contributed by atoms with van der Waals surface area (Å²) in [4.78, 5) is 18.3.